The zero-order valence-corrected chi connectivity index (χ0v) is 19.2. The molecule has 0 aromatic heterocycles. The van der Waals surface area contributed by atoms with Crippen LogP contribution >= 0.6 is 24.0 Å². The lowest BCUT2D eigenvalue weighted by molar-refractivity contribution is 0.319. The first-order chi connectivity index (χ1) is 12.8. The highest BCUT2D eigenvalue weighted by molar-refractivity contribution is 14.0. The van der Waals surface area contributed by atoms with E-state index in [1.807, 2.05) is 11.9 Å². The molecule has 0 amide bonds. The van der Waals surface area contributed by atoms with Crippen LogP contribution in [-0.4, -0.2) is 52.8 Å². The summed E-state index contributed by atoms with van der Waals surface area (Å²) in [6, 6.07) is 12.6. The average molecular weight is 521 g/mol. The molecule has 0 aliphatic rings. The van der Waals surface area contributed by atoms with Crippen LogP contribution in [0.2, 0.25) is 0 Å². The zero-order chi connectivity index (χ0) is 19.9. The van der Waals surface area contributed by atoms with Gasteiger partial charge in [0.15, 0.2) is 15.8 Å². The molecule has 154 valence electrons. The standard InChI is InChI=1S/C19H24FN3O3S.HI/c1-21-19(23(2)14-15-4-6-16(20)7-5-15)22-12-13-26-17-8-10-18(11-9-17)27(3,24)25;/h4-11H,12-14H2,1-3H3,(H,21,22);1H. The number of benzene rings is 2. The Balaban J connectivity index is 0.00000392. The lowest BCUT2D eigenvalue weighted by Gasteiger charge is -2.22. The number of rotatable bonds is 7. The minimum Gasteiger partial charge on any atom is -0.492 e. The summed E-state index contributed by atoms with van der Waals surface area (Å²) in [6.07, 6.45) is 1.17. The number of aliphatic imine (C=N–C) groups is 1. The van der Waals surface area contributed by atoms with Crippen molar-refractivity contribution < 1.29 is 17.5 Å². The molecule has 28 heavy (non-hydrogen) atoms. The van der Waals surface area contributed by atoms with Crippen molar-refractivity contribution in [2.75, 3.05) is 33.5 Å². The summed E-state index contributed by atoms with van der Waals surface area (Å²) in [4.78, 5) is 6.40. The van der Waals surface area contributed by atoms with Crippen LogP contribution in [0.4, 0.5) is 4.39 Å². The molecular formula is C19H25FIN3O3S. The fraction of sp³-hybridized carbons (Fsp3) is 0.316. The predicted molar refractivity (Wildman–Crippen MR) is 120 cm³/mol. The third-order valence-corrected chi connectivity index (χ3v) is 4.94. The Morgan fingerprint density at radius 3 is 2.29 bits per heavy atom. The van der Waals surface area contributed by atoms with Gasteiger partial charge >= 0.3 is 0 Å². The maximum atomic E-state index is 13.0. The smallest absolute Gasteiger partial charge is 0.193 e. The second kappa shape index (κ2) is 11.2. The first-order valence-electron chi connectivity index (χ1n) is 8.39. The van der Waals surface area contributed by atoms with Gasteiger partial charge in [-0.3, -0.25) is 4.99 Å². The van der Waals surface area contributed by atoms with Gasteiger partial charge in [0.1, 0.15) is 18.2 Å². The van der Waals surface area contributed by atoms with E-state index in [0.29, 0.717) is 31.4 Å². The van der Waals surface area contributed by atoms with Crippen LogP contribution < -0.4 is 10.1 Å². The SMILES string of the molecule is CN=C(NCCOc1ccc(S(C)(=O)=O)cc1)N(C)Cc1ccc(F)cc1.I. The Bertz CT molecular complexity index is 872. The van der Waals surface area contributed by atoms with E-state index in [1.165, 1.54) is 30.5 Å². The Morgan fingerprint density at radius 1 is 1.14 bits per heavy atom. The molecule has 1 N–H and O–H groups in total. The maximum absolute atomic E-state index is 13.0. The number of hydrogen-bond acceptors (Lipinski definition) is 4. The van der Waals surface area contributed by atoms with E-state index in [-0.39, 0.29) is 34.7 Å². The van der Waals surface area contributed by atoms with Gasteiger partial charge in [0.05, 0.1) is 11.4 Å². The summed E-state index contributed by atoms with van der Waals surface area (Å²) in [5.74, 6) is 1.03. The fourth-order valence-electron chi connectivity index (χ4n) is 2.44. The summed E-state index contributed by atoms with van der Waals surface area (Å²) in [5.41, 5.74) is 0.976. The summed E-state index contributed by atoms with van der Waals surface area (Å²) in [7, 11) is 0.374. The van der Waals surface area contributed by atoms with E-state index in [1.54, 1.807) is 31.3 Å². The van der Waals surface area contributed by atoms with Crippen LogP contribution in [0.1, 0.15) is 5.56 Å². The molecule has 0 radical (unpaired) electrons. The number of sulfone groups is 1. The number of halogens is 2. The van der Waals surface area contributed by atoms with Gasteiger partial charge in [-0.25, -0.2) is 12.8 Å². The van der Waals surface area contributed by atoms with Gasteiger partial charge in [0, 0.05) is 26.9 Å². The van der Waals surface area contributed by atoms with Crippen molar-refractivity contribution >= 4 is 39.8 Å². The Labute approximate surface area is 182 Å². The number of guanidine groups is 1. The van der Waals surface area contributed by atoms with Crippen molar-refractivity contribution in [2.24, 2.45) is 4.99 Å². The minimum atomic E-state index is -3.21. The molecule has 0 saturated heterocycles. The van der Waals surface area contributed by atoms with Gasteiger partial charge in [-0.1, -0.05) is 12.1 Å². The van der Waals surface area contributed by atoms with E-state index in [0.717, 1.165) is 5.56 Å². The van der Waals surface area contributed by atoms with Gasteiger partial charge in [-0.2, -0.15) is 0 Å². The second-order valence-electron chi connectivity index (χ2n) is 6.05. The Hall–Kier alpha value is -1.88. The van der Waals surface area contributed by atoms with Crippen LogP contribution in [0, 0.1) is 5.82 Å². The van der Waals surface area contributed by atoms with E-state index < -0.39 is 9.84 Å². The molecule has 2 aromatic rings. The van der Waals surface area contributed by atoms with Crippen molar-refractivity contribution in [1.29, 1.82) is 0 Å². The van der Waals surface area contributed by atoms with Crippen molar-refractivity contribution in [3.05, 3.63) is 59.9 Å². The third kappa shape index (κ3) is 7.63. The molecule has 0 spiro atoms. The Kier molecular flexibility index (Phi) is 9.66. The van der Waals surface area contributed by atoms with Gasteiger partial charge in [0.25, 0.3) is 0 Å². The summed E-state index contributed by atoms with van der Waals surface area (Å²) >= 11 is 0. The highest BCUT2D eigenvalue weighted by Gasteiger charge is 2.08. The van der Waals surface area contributed by atoms with Gasteiger partial charge in [-0.05, 0) is 42.0 Å². The van der Waals surface area contributed by atoms with Crippen LogP contribution in [0.15, 0.2) is 58.4 Å². The maximum Gasteiger partial charge on any atom is 0.193 e. The fourth-order valence-corrected chi connectivity index (χ4v) is 3.07. The highest BCUT2D eigenvalue weighted by atomic mass is 127. The predicted octanol–water partition coefficient (Wildman–Crippen LogP) is 2.93. The molecule has 0 unspecified atom stereocenters. The van der Waals surface area contributed by atoms with E-state index in [9.17, 15) is 12.8 Å². The number of ether oxygens (including phenoxy) is 1. The van der Waals surface area contributed by atoms with Crippen molar-refractivity contribution in [3.63, 3.8) is 0 Å². The first-order valence-corrected chi connectivity index (χ1v) is 10.3. The van der Waals surface area contributed by atoms with Crippen LogP contribution in [0.3, 0.4) is 0 Å². The zero-order valence-electron chi connectivity index (χ0n) is 16.1. The van der Waals surface area contributed by atoms with Gasteiger partial charge in [0.2, 0.25) is 0 Å². The summed E-state index contributed by atoms with van der Waals surface area (Å²) < 4.78 is 41.5. The van der Waals surface area contributed by atoms with Crippen LogP contribution in [-0.2, 0) is 16.4 Å². The molecule has 2 aromatic carbocycles. The summed E-state index contributed by atoms with van der Waals surface area (Å²) in [6.45, 7) is 1.50. The molecule has 0 heterocycles. The molecule has 9 heteroatoms. The topological polar surface area (TPSA) is 71.0 Å². The van der Waals surface area contributed by atoms with Gasteiger partial charge < -0.3 is 15.0 Å². The summed E-state index contributed by atoms with van der Waals surface area (Å²) in [5, 5.41) is 3.19. The number of hydrogen-bond donors (Lipinski definition) is 1. The van der Waals surface area contributed by atoms with E-state index >= 15 is 0 Å². The lowest BCUT2D eigenvalue weighted by Crippen LogP contribution is -2.40. The molecule has 0 fully saturated rings. The first kappa shape index (κ1) is 24.2. The highest BCUT2D eigenvalue weighted by Crippen LogP contribution is 2.15. The van der Waals surface area contributed by atoms with Crippen molar-refractivity contribution in [2.45, 2.75) is 11.4 Å². The molecule has 6 nitrogen and oxygen atoms in total. The molecule has 0 aliphatic carbocycles. The number of nitrogens with zero attached hydrogens (tertiary/aromatic N) is 2. The molecule has 0 saturated carbocycles. The van der Waals surface area contributed by atoms with Crippen molar-refractivity contribution in [1.82, 2.24) is 10.2 Å². The molecule has 0 aliphatic heterocycles. The molecular weight excluding hydrogens is 496 g/mol. The quantitative estimate of drug-likeness (QED) is 0.263. The Morgan fingerprint density at radius 2 is 1.75 bits per heavy atom. The van der Waals surface area contributed by atoms with Crippen molar-refractivity contribution in [3.8, 4) is 5.75 Å². The minimum absolute atomic E-state index is 0. The number of nitrogens with one attached hydrogen (secondary N) is 1. The van der Waals surface area contributed by atoms with E-state index in [2.05, 4.69) is 10.3 Å². The molecule has 0 bridgehead atoms. The molecule has 0 atom stereocenters. The third-order valence-electron chi connectivity index (χ3n) is 3.81. The van der Waals surface area contributed by atoms with E-state index in [4.69, 9.17) is 4.74 Å². The van der Waals surface area contributed by atoms with Crippen LogP contribution in [0.5, 0.6) is 5.75 Å². The second-order valence-corrected chi connectivity index (χ2v) is 8.06. The van der Waals surface area contributed by atoms with Crippen LogP contribution in [0.25, 0.3) is 0 Å². The van der Waals surface area contributed by atoms with Gasteiger partial charge in [-0.15, -0.1) is 24.0 Å². The monoisotopic (exact) mass is 521 g/mol. The average Bonchev–Trinajstić information content (AvgIpc) is 2.63. The largest absolute Gasteiger partial charge is 0.492 e. The lowest BCUT2D eigenvalue weighted by atomic mass is 10.2. The normalized spacial score (nSPS) is 11.5. The molecule has 2 rings (SSSR count).